The van der Waals surface area contributed by atoms with Crippen molar-refractivity contribution in [1.29, 1.82) is 0 Å². The number of aromatic nitrogens is 1. The molecular formula is C16H25N3O. The third-order valence-corrected chi connectivity index (χ3v) is 2.72. The minimum Gasteiger partial charge on any atom is -0.383 e. The van der Waals surface area contributed by atoms with Crippen LogP contribution in [0.5, 0.6) is 0 Å². The van der Waals surface area contributed by atoms with E-state index in [0.29, 0.717) is 12.5 Å². The molecule has 0 aliphatic carbocycles. The van der Waals surface area contributed by atoms with Crippen LogP contribution in [0.15, 0.2) is 24.3 Å². The summed E-state index contributed by atoms with van der Waals surface area (Å²) in [4.78, 5) is 16.0. The van der Waals surface area contributed by atoms with Crippen LogP contribution in [-0.4, -0.2) is 23.5 Å². The quantitative estimate of drug-likeness (QED) is 0.785. The van der Waals surface area contributed by atoms with Crippen LogP contribution in [0.3, 0.4) is 0 Å². The molecule has 4 heteroatoms. The van der Waals surface area contributed by atoms with Crippen molar-refractivity contribution in [2.45, 2.75) is 40.7 Å². The molecule has 1 rings (SSSR count). The van der Waals surface area contributed by atoms with E-state index in [4.69, 9.17) is 0 Å². The monoisotopic (exact) mass is 275 g/mol. The molecule has 0 radical (unpaired) electrons. The molecule has 20 heavy (non-hydrogen) atoms. The molecule has 0 aromatic carbocycles. The second kappa shape index (κ2) is 7.68. The first-order valence-corrected chi connectivity index (χ1v) is 7.04. The SMILES string of the molecule is Cc1cc(NCC(C)NC(=O)/C=C/C(C)C)cc(C)n1. The van der Waals surface area contributed by atoms with E-state index < -0.39 is 0 Å². The molecule has 1 aromatic heterocycles. The van der Waals surface area contributed by atoms with E-state index in [1.165, 1.54) is 0 Å². The maximum absolute atomic E-state index is 11.6. The lowest BCUT2D eigenvalue weighted by Crippen LogP contribution is -2.36. The Morgan fingerprint density at radius 2 is 1.85 bits per heavy atom. The molecule has 0 bridgehead atoms. The molecule has 1 amide bonds. The Balaban J connectivity index is 2.43. The van der Waals surface area contributed by atoms with Crippen molar-refractivity contribution in [3.63, 3.8) is 0 Å². The fourth-order valence-electron chi connectivity index (χ4n) is 1.83. The number of nitrogens with one attached hydrogen (secondary N) is 2. The number of carbonyl (C=O) groups excluding carboxylic acids is 1. The normalized spacial score (nSPS) is 12.7. The Hall–Kier alpha value is -1.84. The zero-order chi connectivity index (χ0) is 15.1. The first kappa shape index (κ1) is 16.2. The van der Waals surface area contributed by atoms with E-state index in [-0.39, 0.29) is 11.9 Å². The zero-order valence-corrected chi connectivity index (χ0v) is 13.0. The zero-order valence-electron chi connectivity index (χ0n) is 13.0. The standard InChI is InChI=1S/C16H25N3O/c1-11(2)6-7-16(20)19-14(5)10-17-15-8-12(3)18-13(4)9-15/h6-9,11,14H,10H2,1-5H3,(H,17,18)(H,19,20)/b7-6+. The van der Waals surface area contributed by atoms with Crippen molar-refractivity contribution in [1.82, 2.24) is 10.3 Å². The van der Waals surface area contributed by atoms with E-state index in [1.54, 1.807) is 6.08 Å². The Labute approximate surface area is 121 Å². The van der Waals surface area contributed by atoms with Crippen LogP contribution in [0.1, 0.15) is 32.2 Å². The van der Waals surface area contributed by atoms with Crippen LogP contribution in [0.25, 0.3) is 0 Å². The van der Waals surface area contributed by atoms with Gasteiger partial charge in [0.05, 0.1) is 0 Å². The molecular weight excluding hydrogens is 250 g/mol. The second-order valence-electron chi connectivity index (χ2n) is 5.53. The van der Waals surface area contributed by atoms with Crippen molar-refractivity contribution in [2.24, 2.45) is 5.92 Å². The summed E-state index contributed by atoms with van der Waals surface area (Å²) < 4.78 is 0. The van der Waals surface area contributed by atoms with Crippen LogP contribution in [-0.2, 0) is 4.79 Å². The number of hydrogen-bond donors (Lipinski definition) is 2. The second-order valence-corrected chi connectivity index (χ2v) is 5.53. The molecule has 110 valence electrons. The maximum atomic E-state index is 11.6. The van der Waals surface area contributed by atoms with Gasteiger partial charge in [0.1, 0.15) is 0 Å². The van der Waals surface area contributed by atoms with Crippen LogP contribution in [0.4, 0.5) is 5.69 Å². The molecule has 0 saturated heterocycles. The Morgan fingerprint density at radius 1 is 1.25 bits per heavy atom. The summed E-state index contributed by atoms with van der Waals surface area (Å²) in [7, 11) is 0. The molecule has 4 nitrogen and oxygen atoms in total. The molecule has 0 spiro atoms. The van der Waals surface area contributed by atoms with Gasteiger partial charge in [0, 0.05) is 29.7 Å². The van der Waals surface area contributed by atoms with E-state index in [2.05, 4.69) is 15.6 Å². The summed E-state index contributed by atoms with van der Waals surface area (Å²) in [5.74, 6) is 0.340. The summed E-state index contributed by atoms with van der Waals surface area (Å²) in [5.41, 5.74) is 3.02. The number of allylic oxidation sites excluding steroid dienone is 1. The van der Waals surface area contributed by atoms with Crippen molar-refractivity contribution < 1.29 is 4.79 Å². The highest BCUT2D eigenvalue weighted by atomic mass is 16.1. The largest absolute Gasteiger partial charge is 0.383 e. The molecule has 0 fully saturated rings. The molecule has 2 N–H and O–H groups in total. The van der Waals surface area contributed by atoms with Gasteiger partial charge in [0.2, 0.25) is 5.91 Å². The first-order valence-electron chi connectivity index (χ1n) is 7.04. The number of rotatable bonds is 6. The van der Waals surface area contributed by atoms with Gasteiger partial charge in [0.25, 0.3) is 0 Å². The number of hydrogen-bond acceptors (Lipinski definition) is 3. The average molecular weight is 275 g/mol. The van der Waals surface area contributed by atoms with Crippen molar-refractivity contribution in [3.05, 3.63) is 35.7 Å². The number of pyridine rings is 1. The fraction of sp³-hybridized carbons (Fsp3) is 0.500. The van der Waals surface area contributed by atoms with E-state index in [9.17, 15) is 4.79 Å². The van der Waals surface area contributed by atoms with Crippen LogP contribution in [0.2, 0.25) is 0 Å². The van der Waals surface area contributed by atoms with Gasteiger partial charge in [-0.25, -0.2) is 0 Å². The lowest BCUT2D eigenvalue weighted by molar-refractivity contribution is -0.117. The minimum atomic E-state index is -0.0462. The van der Waals surface area contributed by atoms with Gasteiger partial charge in [-0.1, -0.05) is 19.9 Å². The molecule has 1 aromatic rings. The van der Waals surface area contributed by atoms with Gasteiger partial charge in [0.15, 0.2) is 0 Å². The van der Waals surface area contributed by atoms with E-state index in [1.807, 2.05) is 52.8 Å². The summed E-state index contributed by atoms with van der Waals surface area (Å²) in [5, 5.41) is 6.25. The molecule has 0 aliphatic rings. The smallest absolute Gasteiger partial charge is 0.243 e. The van der Waals surface area contributed by atoms with Gasteiger partial charge in [-0.2, -0.15) is 0 Å². The minimum absolute atomic E-state index is 0.0462. The highest BCUT2D eigenvalue weighted by molar-refractivity contribution is 5.87. The lowest BCUT2D eigenvalue weighted by Gasteiger charge is -2.15. The Kier molecular flexibility index (Phi) is 6.22. The Bertz CT molecular complexity index is 460. The number of anilines is 1. The topological polar surface area (TPSA) is 54.0 Å². The first-order chi connectivity index (χ1) is 9.36. The molecule has 1 atom stereocenters. The summed E-state index contributed by atoms with van der Waals surface area (Å²) >= 11 is 0. The van der Waals surface area contributed by atoms with Gasteiger partial charge in [-0.05, 0) is 44.9 Å². The third kappa shape index (κ3) is 6.36. The summed E-state index contributed by atoms with van der Waals surface area (Å²) in [6.07, 6.45) is 3.49. The fourth-order valence-corrected chi connectivity index (χ4v) is 1.83. The van der Waals surface area contributed by atoms with E-state index >= 15 is 0 Å². The molecule has 1 unspecified atom stereocenters. The number of carbonyl (C=O) groups is 1. The van der Waals surface area contributed by atoms with Crippen molar-refractivity contribution >= 4 is 11.6 Å². The van der Waals surface area contributed by atoms with Gasteiger partial charge < -0.3 is 10.6 Å². The van der Waals surface area contributed by atoms with Crippen molar-refractivity contribution in [2.75, 3.05) is 11.9 Å². The predicted octanol–water partition coefficient (Wildman–Crippen LogP) is 2.83. The highest BCUT2D eigenvalue weighted by Crippen LogP contribution is 2.10. The predicted molar refractivity (Wildman–Crippen MR) is 83.8 cm³/mol. The number of amides is 1. The van der Waals surface area contributed by atoms with Crippen LogP contribution < -0.4 is 10.6 Å². The number of nitrogens with zero attached hydrogens (tertiary/aromatic N) is 1. The maximum Gasteiger partial charge on any atom is 0.243 e. The molecule has 0 aliphatic heterocycles. The van der Waals surface area contributed by atoms with Gasteiger partial charge in [-0.3, -0.25) is 9.78 Å². The van der Waals surface area contributed by atoms with Crippen LogP contribution in [0, 0.1) is 19.8 Å². The van der Waals surface area contributed by atoms with Gasteiger partial charge >= 0.3 is 0 Å². The molecule has 0 saturated carbocycles. The van der Waals surface area contributed by atoms with Gasteiger partial charge in [-0.15, -0.1) is 0 Å². The molecule has 1 heterocycles. The van der Waals surface area contributed by atoms with Crippen LogP contribution >= 0.6 is 0 Å². The summed E-state index contributed by atoms with van der Waals surface area (Å²) in [6.45, 7) is 10.7. The average Bonchev–Trinajstić information content (AvgIpc) is 2.33. The van der Waals surface area contributed by atoms with Crippen molar-refractivity contribution in [3.8, 4) is 0 Å². The summed E-state index contributed by atoms with van der Waals surface area (Å²) in [6, 6.07) is 4.06. The highest BCUT2D eigenvalue weighted by Gasteiger charge is 2.05. The number of aryl methyl sites for hydroxylation is 2. The third-order valence-electron chi connectivity index (χ3n) is 2.72. The lowest BCUT2D eigenvalue weighted by atomic mass is 10.2. The Morgan fingerprint density at radius 3 is 2.40 bits per heavy atom. The van der Waals surface area contributed by atoms with E-state index in [0.717, 1.165) is 17.1 Å².